The third-order valence-corrected chi connectivity index (χ3v) is 6.89. The summed E-state index contributed by atoms with van der Waals surface area (Å²) in [5.74, 6) is 0. The molecular weight excluding hydrogens is 365 g/mol. The van der Waals surface area contributed by atoms with E-state index < -0.39 is 17.8 Å². The lowest BCUT2D eigenvalue weighted by atomic mass is 10.0. The molecule has 0 nitrogen and oxygen atoms in total. The molecule has 0 aromatic heterocycles. The summed E-state index contributed by atoms with van der Waals surface area (Å²) in [6.45, 7) is 0. The molecule has 1 rings (SSSR count). The highest BCUT2D eigenvalue weighted by Gasteiger charge is 2.63. The highest BCUT2D eigenvalue weighted by Crippen LogP contribution is 2.60. The van der Waals surface area contributed by atoms with Crippen LogP contribution < -0.4 is 0 Å². The van der Waals surface area contributed by atoms with Crippen LogP contribution in [-0.2, 0) is 0 Å². The van der Waals surface area contributed by atoms with Crippen molar-refractivity contribution in [2.75, 3.05) is 0 Å². The second kappa shape index (κ2) is 3.76. The molecule has 2 atom stereocenters. The Labute approximate surface area is 115 Å². The van der Waals surface area contributed by atoms with Gasteiger partial charge in [0.1, 0.15) is 0 Å². The van der Waals surface area contributed by atoms with Crippen molar-refractivity contribution in [3.63, 3.8) is 0 Å². The van der Waals surface area contributed by atoms with Crippen LogP contribution >= 0.6 is 85.5 Å². The van der Waals surface area contributed by atoms with Crippen LogP contribution in [0, 0.1) is 0 Å². The van der Waals surface area contributed by atoms with Crippen LogP contribution in [0.5, 0.6) is 0 Å². The molecule has 0 bridgehead atoms. The van der Waals surface area contributed by atoms with Gasteiger partial charge in [0.05, 0.1) is 5.38 Å². The van der Waals surface area contributed by atoms with Crippen LogP contribution in [0.2, 0.25) is 0 Å². The van der Waals surface area contributed by atoms with Crippen LogP contribution in [0.4, 0.5) is 0 Å². The van der Waals surface area contributed by atoms with Crippen molar-refractivity contribution in [3.05, 3.63) is 12.2 Å². The lowest BCUT2D eigenvalue weighted by Gasteiger charge is -2.44. The van der Waals surface area contributed by atoms with Crippen molar-refractivity contribution < 1.29 is 0 Å². The van der Waals surface area contributed by atoms with Gasteiger partial charge in [-0.25, -0.2) is 0 Å². The minimum atomic E-state index is -1.62. The largest absolute Gasteiger partial charge is 0.184 e. The predicted molar refractivity (Wildman–Crippen MR) is 65.2 cm³/mol. The number of rotatable bonds is 0. The molecule has 7 heteroatoms. The predicted octanol–water partition coefficient (Wildman–Crippen LogP) is 4.84. The number of alkyl halides is 7. The van der Waals surface area contributed by atoms with Gasteiger partial charge in [-0.05, 0) is 0 Å². The molecule has 0 fully saturated rings. The van der Waals surface area contributed by atoms with Crippen molar-refractivity contribution in [3.8, 4) is 0 Å². The molecule has 0 amide bonds. The highest BCUT2D eigenvalue weighted by molar-refractivity contribution is 9.10. The van der Waals surface area contributed by atoms with Gasteiger partial charge in [-0.3, -0.25) is 0 Å². The zero-order valence-corrected chi connectivity index (χ0v) is 12.0. The monoisotopic (exact) mass is 364 g/mol. The molecule has 0 saturated heterocycles. The Kier molecular flexibility index (Phi) is 3.77. The Morgan fingerprint density at radius 3 is 1.92 bits per heavy atom. The quantitative estimate of drug-likeness (QED) is 0.424. The van der Waals surface area contributed by atoms with Crippen molar-refractivity contribution in [2.45, 2.75) is 17.8 Å². The summed E-state index contributed by atoms with van der Waals surface area (Å²) in [7, 11) is 0. The van der Waals surface area contributed by atoms with Gasteiger partial charge in [-0.1, -0.05) is 86.1 Å². The van der Waals surface area contributed by atoms with E-state index in [1.807, 2.05) is 0 Å². The standard InChI is InChI=1S/C6H3BrCl6/c7-4(9)2-1-3(8)5(10,11)6(4,12)13/h1-3H. The first kappa shape index (κ1) is 13.0. The molecule has 2 unspecified atom stereocenters. The molecule has 0 heterocycles. The minimum Gasteiger partial charge on any atom is -0.115 e. The van der Waals surface area contributed by atoms with Gasteiger partial charge >= 0.3 is 0 Å². The van der Waals surface area contributed by atoms with E-state index in [-0.39, 0.29) is 0 Å². The first-order valence-corrected chi connectivity index (χ1v) is 6.22. The van der Waals surface area contributed by atoms with Gasteiger partial charge in [0.25, 0.3) is 0 Å². The Morgan fingerprint density at radius 2 is 1.54 bits per heavy atom. The third-order valence-electron chi connectivity index (χ3n) is 1.66. The van der Waals surface area contributed by atoms with Crippen molar-refractivity contribution in [1.29, 1.82) is 0 Å². The van der Waals surface area contributed by atoms with Gasteiger partial charge in [-0.15, -0.1) is 11.6 Å². The maximum atomic E-state index is 5.95. The Bertz CT molecular complexity index is 246. The van der Waals surface area contributed by atoms with Gasteiger partial charge in [0, 0.05) is 0 Å². The van der Waals surface area contributed by atoms with Crippen LogP contribution in [-0.4, -0.2) is 17.8 Å². The summed E-state index contributed by atoms with van der Waals surface area (Å²) >= 11 is 38.6. The van der Waals surface area contributed by atoms with E-state index >= 15 is 0 Å². The summed E-state index contributed by atoms with van der Waals surface area (Å²) in [6.07, 6.45) is 3.04. The molecule has 0 aliphatic heterocycles. The summed E-state index contributed by atoms with van der Waals surface area (Å²) in [6, 6.07) is 0. The molecular formula is C6H3BrCl6. The zero-order valence-electron chi connectivity index (χ0n) is 5.88. The smallest absolute Gasteiger partial charge is 0.115 e. The molecule has 1 aliphatic carbocycles. The summed E-state index contributed by atoms with van der Waals surface area (Å²) in [5.41, 5.74) is 0. The van der Waals surface area contributed by atoms with E-state index in [0.29, 0.717) is 0 Å². The van der Waals surface area contributed by atoms with Gasteiger partial charge in [0.2, 0.25) is 0 Å². The van der Waals surface area contributed by atoms with Crippen LogP contribution in [0.3, 0.4) is 0 Å². The maximum Gasteiger partial charge on any atom is 0.184 e. The molecule has 0 aromatic rings. The van der Waals surface area contributed by atoms with Gasteiger partial charge in [0.15, 0.2) is 12.5 Å². The van der Waals surface area contributed by atoms with Gasteiger partial charge in [-0.2, -0.15) is 0 Å². The fourth-order valence-corrected chi connectivity index (χ4v) is 2.99. The summed E-state index contributed by atoms with van der Waals surface area (Å²) < 4.78 is -4.40. The van der Waals surface area contributed by atoms with Crippen molar-refractivity contribution in [2.24, 2.45) is 0 Å². The second-order valence-corrected chi connectivity index (χ2v) is 8.07. The van der Waals surface area contributed by atoms with Crippen LogP contribution in [0.15, 0.2) is 12.2 Å². The van der Waals surface area contributed by atoms with E-state index in [0.717, 1.165) is 0 Å². The van der Waals surface area contributed by atoms with Crippen molar-refractivity contribution in [1.82, 2.24) is 0 Å². The average Bonchev–Trinajstić information content (AvgIpc) is 1.97. The summed E-state index contributed by atoms with van der Waals surface area (Å²) in [5, 5.41) is -0.699. The van der Waals surface area contributed by atoms with E-state index in [4.69, 9.17) is 69.6 Å². The molecule has 0 radical (unpaired) electrons. The SMILES string of the molecule is ClC1C=CC(Cl)(Br)C(Cl)(Cl)C1(Cl)Cl. The molecule has 0 N–H and O–H groups in total. The molecule has 0 saturated carbocycles. The number of halogens is 7. The van der Waals surface area contributed by atoms with Crippen molar-refractivity contribution >= 4 is 85.5 Å². The molecule has 0 aromatic carbocycles. The third kappa shape index (κ3) is 1.95. The Morgan fingerprint density at radius 1 is 1.08 bits per heavy atom. The number of hydrogen-bond acceptors (Lipinski definition) is 0. The van der Waals surface area contributed by atoms with E-state index in [2.05, 4.69) is 15.9 Å². The zero-order chi connectivity index (χ0) is 10.5. The lowest BCUT2D eigenvalue weighted by molar-refractivity contribution is 0.630. The highest BCUT2D eigenvalue weighted by atomic mass is 79.9. The Hall–Kier alpha value is 1.96. The van der Waals surface area contributed by atoms with E-state index in [1.165, 1.54) is 12.2 Å². The molecule has 13 heavy (non-hydrogen) atoms. The fraction of sp³-hybridized carbons (Fsp3) is 0.667. The van der Waals surface area contributed by atoms with E-state index in [1.54, 1.807) is 0 Å². The molecule has 1 aliphatic rings. The molecule has 0 spiro atoms. The number of hydrogen-bond donors (Lipinski definition) is 0. The van der Waals surface area contributed by atoms with Crippen LogP contribution in [0.25, 0.3) is 0 Å². The lowest BCUT2D eigenvalue weighted by Crippen LogP contribution is -2.55. The van der Waals surface area contributed by atoms with Crippen LogP contribution in [0.1, 0.15) is 0 Å². The Balaban J connectivity index is 3.22. The van der Waals surface area contributed by atoms with E-state index in [9.17, 15) is 0 Å². The second-order valence-electron chi connectivity index (χ2n) is 2.58. The summed E-state index contributed by atoms with van der Waals surface area (Å²) in [4.78, 5) is 0. The molecule has 76 valence electrons. The fourth-order valence-electron chi connectivity index (χ4n) is 0.826. The average molecular weight is 368 g/mol. The topological polar surface area (TPSA) is 0 Å². The minimum absolute atomic E-state index is 0.699. The maximum absolute atomic E-state index is 5.95. The first-order valence-electron chi connectivity index (χ1n) is 3.10. The van der Waals surface area contributed by atoms with Gasteiger partial charge < -0.3 is 0 Å². The number of allylic oxidation sites excluding steroid dienone is 2. The first-order chi connectivity index (χ1) is 5.63. The normalized spacial score (nSPS) is 41.9.